The highest BCUT2D eigenvalue weighted by Gasteiger charge is 2.27. The van der Waals surface area contributed by atoms with Gasteiger partial charge in [0.25, 0.3) is 0 Å². The molecule has 0 saturated carbocycles. The molecule has 0 atom stereocenters. The van der Waals surface area contributed by atoms with Gasteiger partial charge in [-0.15, -0.1) is 0 Å². The molecule has 1 fully saturated rings. The van der Waals surface area contributed by atoms with E-state index < -0.39 is 0 Å². The van der Waals surface area contributed by atoms with Crippen LogP contribution in [0.25, 0.3) is 0 Å². The number of ether oxygens (including phenoxy) is 3. The third-order valence-electron chi connectivity index (χ3n) is 7.13. The molecule has 3 aromatic rings. The quantitative estimate of drug-likeness (QED) is 0.507. The fourth-order valence-electron chi connectivity index (χ4n) is 4.90. The number of anilines is 1. The maximum atomic E-state index is 10.6. The number of rotatable bonds is 7. The summed E-state index contributed by atoms with van der Waals surface area (Å²) >= 11 is 0. The normalized spacial score (nSPS) is 16.5. The number of piperidine rings is 1. The number of hydrogen-bond donors (Lipinski definition) is 1. The van der Waals surface area contributed by atoms with Crippen LogP contribution in [0.2, 0.25) is 0 Å². The highest BCUT2D eigenvalue weighted by Crippen LogP contribution is 2.37. The van der Waals surface area contributed by atoms with Crippen molar-refractivity contribution in [2.24, 2.45) is 5.92 Å². The van der Waals surface area contributed by atoms with E-state index in [-0.39, 0.29) is 5.75 Å². The van der Waals surface area contributed by atoms with Gasteiger partial charge in [-0.05, 0) is 37.0 Å². The topological polar surface area (TPSA) is 80.2 Å². The van der Waals surface area contributed by atoms with E-state index in [4.69, 9.17) is 24.2 Å². The minimum absolute atomic E-state index is 0.183. The van der Waals surface area contributed by atoms with E-state index in [0.29, 0.717) is 36.2 Å². The van der Waals surface area contributed by atoms with Crippen LogP contribution in [-0.4, -0.2) is 53.8 Å². The second-order valence-electron chi connectivity index (χ2n) is 9.61. The molecule has 0 bridgehead atoms. The van der Waals surface area contributed by atoms with Gasteiger partial charge in [0, 0.05) is 44.7 Å². The molecule has 3 heterocycles. The Balaban J connectivity index is 1.46. The van der Waals surface area contributed by atoms with Gasteiger partial charge >= 0.3 is 0 Å². The average Bonchev–Trinajstić information content (AvgIpc) is 2.90. The highest BCUT2D eigenvalue weighted by atomic mass is 16.5. The van der Waals surface area contributed by atoms with Crippen molar-refractivity contribution in [3.8, 4) is 28.9 Å². The van der Waals surface area contributed by atoms with Gasteiger partial charge in [-0.1, -0.05) is 31.2 Å². The molecule has 0 spiro atoms. The third-order valence-corrected chi connectivity index (χ3v) is 7.13. The van der Waals surface area contributed by atoms with E-state index in [9.17, 15) is 5.11 Å². The number of nitrogens with zero attached hydrogens (tertiary/aromatic N) is 4. The summed E-state index contributed by atoms with van der Waals surface area (Å²) in [6.45, 7) is 6.24. The molecule has 8 nitrogen and oxygen atoms in total. The summed E-state index contributed by atoms with van der Waals surface area (Å²) in [6, 6.07) is 13.2. The zero-order valence-electron chi connectivity index (χ0n) is 21.2. The first kappa shape index (κ1) is 24.2. The van der Waals surface area contributed by atoms with Gasteiger partial charge < -0.3 is 24.2 Å². The molecule has 2 aromatic carbocycles. The first-order valence-electron chi connectivity index (χ1n) is 12.6. The van der Waals surface area contributed by atoms with Crippen LogP contribution in [0.15, 0.2) is 42.5 Å². The molecule has 0 amide bonds. The van der Waals surface area contributed by atoms with Crippen molar-refractivity contribution < 1.29 is 19.3 Å². The van der Waals surface area contributed by atoms with Crippen molar-refractivity contribution in [2.75, 3.05) is 38.8 Å². The van der Waals surface area contributed by atoms with Crippen LogP contribution in [0.5, 0.6) is 28.9 Å². The van der Waals surface area contributed by atoms with Crippen molar-refractivity contribution in [3.63, 3.8) is 0 Å². The highest BCUT2D eigenvalue weighted by molar-refractivity contribution is 5.48. The predicted molar refractivity (Wildman–Crippen MR) is 138 cm³/mol. The molecule has 2 aliphatic rings. The van der Waals surface area contributed by atoms with Gasteiger partial charge in [0.1, 0.15) is 0 Å². The Morgan fingerprint density at radius 1 is 0.917 bits per heavy atom. The van der Waals surface area contributed by atoms with E-state index in [1.807, 2.05) is 36.4 Å². The standard InChI is InChI=1S/C28H34N4O4/c1-19-11-15-32(16-12-19)28-29-22-13-14-31(17-20-7-6-10-25(35-3)26(20)33)18-21(22)27(30-28)36-24-9-5-4-8-23(24)34-2/h4-10,19,33H,11-18H2,1-3H3. The van der Waals surface area contributed by atoms with Gasteiger partial charge in [-0.2, -0.15) is 4.98 Å². The zero-order chi connectivity index (χ0) is 25.1. The first-order valence-corrected chi connectivity index (χ1v) is 12.6. The minimum atomic E-state index is 0.183. The molecule has 0 unspecified atom stereocenters. The number of benzene rings is 2. The maximum absolute atomic E-state index is 10.6. The molecule has 1 aromatic heterocycles. The van der Waals surface area contributed by atoms with Gasteiger partial charge in [0.05, 0.1) is 25.5 Å². The minimum Gasteiger partial charge on any atom is -0.504 e. The molecule has 5 rings (SSSR count). The van der Waals surface area contributed by atoms with E-state index >= 15 is 0 Å². The number of phenolic OH excluding ortho intramolecular Hbond substituents is 1. The van der Waals surface area contributed by atoms with Crippen LogP contribution in [0, 0.1) is 5.92 Å². The lowest BCUT2D eigenvalue weighted by atomic mass is 9.99. The Morgan fingerprint density at radius 3 is 2.39 bits per heavy atom. The molecule has 36 heavy (non-hydrogen) atoms. The molecule has 0 aliphatic carbocycles. The van der Waals surface area contributed by atoms with Gasteiger partial charge in [-0.25, -0.2) is 4.98 Å². The molecule has 8 heteroatoms. The number of aromatic nitrogens is 2. The largest absolute Gasteiger partial charge is 0.504 e. The summed E-state index contributed by atoms with van der Waals surface area (Å²) in [5, 5.41) is 10.6. The molecular weight excluding hydrogens is 456 g/mol. The lowest BCUT2D eigenvalue weighted by molar-refractivity contribution is 0.234. The van der Waals surface area contributed by atoms with Crippen LogP contribution >= 0.6 is 0 Å². The number of aromatic hydroxyl groups is 1. The second-order valence-corrected chi connectivity index (χ2v) is 9.61. The van der Waals surface area contributed by atoms with Crippen molar-refractivity contribution in [2.45, 2.75) is 39.3 Å². The summed E-state index contributed by atoms with van der Waals surface area (Å²) in [5.74, 6) is 3.98. The van der Waals surface area contributed by atoms with Crippen molar-refractivity contribution in [3.05, 3.63) is 59.3 Å². The SMILES string of the molecule is COc1ccccc1Oc1nc(N2CCC(C)CC2)nc2c1CN(Cc1cccc(OC)c1O)CC2. The van der Waals surface area contributed by atoms with Gasteiger partial charge in [0.2, 0.25) is 11.8 Å². The third kappa shape index (κ3) is 5.04. The lowest BCUT2D eigenvalue weighted by Crippen LogP contribution is -2.36. The zero-order valence-corrected chi connectivity index (χ0v) is 21.2. The molecule has 190 valence electrons. The summed E-state index contributed by atoms with van der Waals surface area (Å²) in [7, 11) is 3.20. The fourth-order valence-corrected chi connectivity index (χ4v) is 4.90. The van der Waals surface area contributed by atoms with Crippen LogP contribution in [0.1, 0.15) is 36.6 Å². The summed E-state index contributed by atoms with van der Waals surface area (Å²) in [5.41, 5.74) is 2.82. The van der Waals surface area contributed by atoms with E-state index in [1.165, 1.54) is 0 Å². The lowest BCUT2D eigenvalue weighted by Gasteiger charge is -2.33. The van der Waals surface area contributed by atoms with Crippen LogP contribution in [0.4, 0.5) is 5.95 Å². The predicted octanol–water partition coefficient (Wildman–Crippen LogP) is 4.79. The smallest absolute Gasteiger partial charge is 0.229 e. The molecule has 2 aliphatic heterocycles. The molecule has 0 radical (unpaired) electrons. The number of fused-ring (bicyclic) bond motifs is 1. The Kier molecular flexibility index (Phi) is 7.13. The van der Waals surface area contributed by atoms with Crippen LogP contribution in [-0.2, 0) is 19.5 Å². The average molecular weight is 491 g/mol. The van der Waals surface area contributed by atoms with Crippen molar-refractivity contribution in [1.29, 1.82) is 0 Å². The van der Waals surface area contributed by atoms with Gasteiger partial charge in [0.15, 0.2) is 23.0 Å². The fraction of sp³-hybridized carbons (Fsp3) is 0.429. The monoisotopic (exact) mass is 490 g/mol. The maximum Gasteiger partial charge on any atom is 0.229 e. The summed E-state index contributed by atoms with van der Waals surface area (Å²) in [6.07, 6.45) is 3.06. The summed E-state index contributed by atoms with van der Waals surface area (Å²) in [4.78, 5) is 14.5. The Bertz CT molecular complexity index is 1210. The first-order chi connectivity index (χ1) is 17.6. The summed E-state index contributed by atoms with van der Waals surface area (Å²) < 4.78 is 17.2. The Labute approximate surface area is 212 Å². The number of methoxy groups -OCH3 is 2. The van der Waals surface area contributed by atoms with Crippen LogP contribution in [0.3, 0.4) is 0 Å². The molecular formula is C28H34N4O4. The van der Waals surface area contributed by atoms with E-state index in [0.717, 1.165) is 67.6 Å². The number of para-hydroxylation sites is 3. The number of phenols is 1. The van der Waals surface area contributed by atoms with Crippen molar-refractivity contribution in [1.82, 2.24) is 14.9 Å². The van der Waals surface area contributed by atoms with Gasteiger partial charge in [-0.3, -0.25) is 4.90 Å². The van der Waals surface area contributed by atoms with Crippen LogP contribution < -0.4 is 19.1 Å². The van der Waals surface area contributed by atoms with Crippen molar-refractivity contribution >= 4 is 5.95 Å². The molecule has 1 saturated heterocycles. The molecule has 1 N–H and O–H groups in total. The van der Waals surface area contributed by atoms with E-state index in [2.05, 4.69) is 16.7 Å². The second kappa shape index (κ2) is 10.6. The Hall–Kier alpha value is -3.52. The Morgan fingerprint density at radius 2 is 1.64 bits per heavy atom. The number of hydrogen-bond acceptors (Lipinski definition) is 8. The van der Waals surface area contributed by atoms with E-state index in [1.54, 1.807) is 20.3 Å².